The highest BCUT2D eigenvalue weighted by Gasteiger charge is 2.26. The third-order valence-corrected chi connectivity index (χ3v) is 6.56. The van der Waals surface area contributed by atoms with Gasteiger partial charge in [-0.05, 0) is 83.0 Å². The Balaban J connectivity index is 2.19. The van der Waals surface area contributed by atoms with Crippen LogP contribution in [0.4, 0.5) is 5.69 Å². The summed E-state index contributed by atoms with van der Waals surface area (Å²) in [6, 6.07) is 13.6. The summed E-state index contributed by atoms with van der Waals surface area (Å²) in [5.41, 5.74) is 1.11. The van der Waals surface area contributed by atoms with E-state index in [2.05, 4.69) is 27.9 Å². The van der Waals surface area contributed by atoms with Gasteiger partial charge in [-0.1, -0.05) is 27.7 Å². The second-order valence-electron chi connectivity index (χ2n) is 7.60. The second-order valence-corrected chi connectivity index (χ2v) is 10.8. The molecule has 1 N–H and O–H groups in total. The quantitative estimate of drug-likeness (QED) is 0.513. The maximum absolute atomic E-state index is 13.0. The van der Waals surface area contributed by atoms with Gasteiger partial charge >= 0.3 is 0 Å². The fourth-order valence-corrected chi connectivity index (χ4v) is 4.88. The topological polar surface area (TPSA) is 66.5 Å². The number of benzene rings is 2. The third-order valence-electron chi connectivity index (χ3n) is 3.99. The first-order valence-electron chi connectivity index (χ1n) is 9.26. The lowest BCUT2D eigenvalue weighted by Crippen LogP contribution is -2.37. The molecule has 0 atom stereocenters. The molecule has 1 amide bonds. The molecule has 0 bridgehead atoms. The van der Waals surface area contributed by atoms with Crippen LogP contribution < -0.4 is 5.32 Å². The van der Waals surface area contributed by atoms with Crippen LogP contribution in [0.1, 0.15) is 38.1 Å². The molecule has 2 rings (SSSR count). The van der Waals surface area contributed by atoms with Gasteiger partial charge < -0.3 is 5.32 Å². The maximum Gasteiger partial charge on any atom is 0.255 e. The molecular weight excluding hydrogens is 487 g/mol. The van der Waals surface area contributed by atoms with E-state index in [1.807, 2.05) is 52.0 Å². The Bertz CT molecular complexity index is 882. The van der Waals surface area contributed by atoms with E-state index in [1.165, 1.54) is 16.4 Å². The molecule has 0 heterocycles. The molecule has 0 aromatic heterocycles. The highest BCUT2D eigenvalue weighted by Crippen LogP contribution is 2.20. The van der Waals surface area contributed by atoms with Crippen LogP contribution in [0, 0.1) is 15.4 Å². The van der Waals surface area contributed by atoms with Crippen LogP contribution in [0.15, 0.2) is 53.4 Å². The Morgan fingerprint density at radius 1 is 0.929 bits per heavy atom. The molecule has 5 nitrogen and oxygen atoms in total. The van der Waals surface area contributed by atoms with Crippen LogP contribution in [0.3, 0.4) is 0 Å². The Labute approximate surface area is 181 Å². The van der Waals surface area contributed by atoms with Crippen molar-refractivity contribution in [2.45, 2.75) is 32.6 Å². The minimum atomic E-state index is -3.60. The van der Waals surface area contributed by atoms with Gasteiger partial charge in [0.25, 0.3) is 5.91 Å². The zero-order valence-electron chi connectivity index (χ0n) is 16.6. The number of rotatable bonds is 8. The van der Waals surface area contributed by atoms with E-state index in [0.717, 1.165) is 3.57 Å². The largest absolute Gasteiger partial charge is 0.322 e. The summed E-state index contributed by atoms with van der Waals surface area (Å²) in [7, 11) is -3.60. The molecule has 7 heteroatoms. The van der Waals surface area contributed by atoms with Crippen LogP contribution in [0.5, 0.6) is 0 Å². The van der Waals surface area contributed by atoms with Gasteiger partial charge in [-0.2, -0.15) is 4.31 Å². The van der Waals surface area contributed by atoms with Crippen molar-refractivity contribution in [1.82, 2.24) is 4.31 Å². The van der Waals surface area contributed by atoms with E-state index in [9.17, 15) is 13.2 Å². The highest BCUT2D eigenvalue weighted by atomic mass is 127. The molecule has 0 unspecified atom stereocenters. The number of anilines is 1. The lowest BCUT2D eigenvalue weighted by molar-refractivity contribution is 0.102. The number of carbonyl (C=O) groups is 1. The molecule has 0 saturated carbocycles. The lowest BCUT2D eigenvalue weighted by Gasteiger charge is -2.25. The van der Waals surface area contributed by atoms with E-state index in [0.29, 0.717) is 24.3 Å². The number of amides is 1. The summed E-state index contributed by atoms with van der Waals surface area (Å²) in [6.07, 6.45) is 0. The summed E-state index contributed by atoms with van der Waals surface area (Å²) in [4.78, 5) is 12.6. The first kappa shape index (κ1) is 22.8. The monoisotopic (exact) mass is 514 g/mol. The van der Waals surface area contributed by atoms with Crippen molar-refractivity contribution in [2.24, 2.45) is 11.8 Å². The molecule has 0 radical (unpaired) electrons. The molecule has 0 spiro atoms. The van der Waals surface area contributed by atoms with Crippen LogP contribution in [-0.4, -0.2) is 31.7 Å². The molecule has 2 aromatic rings. The Kier molecular flexibility index (Phi) is 8.03. The number of nitrogens with zero attached hydrogens (tertiary/aromatic N) is 1. The van der Waals surface area contributed by atoms with Crippen LogP contribution in [0.2, 0.25) is 0 Å². The molecule has 0 aliphatic rings. The molecule has 152 valence electrons. The Morgan fingerprint density at radius 2 is 1.43 bits per heavy atom. The van der Waals surface area contributed by atoms with Gasteiger partial charge in [0.2, 0.25) is 10.0 Å². The van der Waals surface area contributed by atoms with Crippen molar-refractivity contribution in [2.75, 3.05) is 18.4 Å². The molecule has 0 aliphatic carbocycles. The van der Waals surface area contributed by atoms with Gasteiger partial charge in [0.05, 0.1) is 4.90 Å². The van der Waals surface area contributed by atoms with Gasteiger partial charge in [-0.15, -0.1) is 0 Å². The van der Waals surface area contributed by atoms with Gasteiger partial charge in [0.15, 0.2) is 0 Å². The molecule has 0 fully saturated rings. The summed E-state index contributed by atoms with van der Waals surface area (Å²) in [6.45, 7) is 8.94. The average molecular weight is 514 g/mol. The predicted octanol–water partition coefficient (Wildman–Crippen LogP) is 4.85. The summed E-state index contributed by atoms with van der Waals surface area (Å²) >= 11 is 2.20. The maximum atomic E-state index is 13.0. The third kappa shape index (κ3) is 6.28. The lowest BCUT2D eigenvalue weighted by atomic mass is 10.2. The van der Waals surface area contributed by atoms with E-state index < -0.39 is 10.0 Å². The van der Waals surface area contributed by atoms with E-state index in [4.69, 9.17) is 0 Å². The second kappa shape index (κ2) is 9.84. The highest BCUT2D eigenvalue weighted by molar-refractivity contribution is 14.1. The SMILES string of the molecule is CC(C)CN(CC(C)C)S(=O)(=O)c1ccc(C(=O)Nc2ccc(I)cc2)cc1. The van der Waals surface area contributed by atoms with Crippen LogP contribution in [-0.2, 0) is 10.0 Å². The van der Waals surface area contributed by atoms with Gasteiger partial charge in [0.1, 0.15) is 0 Å². The van der Waals surface area contributed by atoms with Crippen LogP contribution in [0.25, 0.3) is 0 Å². The minimum Gasteiger partial charge on any atom is -0.322 e. The zero-order valence-corrected chi connectivity index (χ0v) is 19.6. The first-order chi connectivity index (χ1) is 13.1. The molecule has 0 aliphatic heterocycles. The van der Waals surface area contributed by atoms with Crippen molar-refractivity contribution >= 4 is 44.2 Å². The normalized spacial score (nSPS) is 12.0. The van der Waals surface area contributed by atoms with Gasteiger partial charge in [-0.25, -0.2) is 8.42 Å². The van der Waals surface area contributed by atoms with Crippen molar-refractivity contribution < 1.29 is 13.2 Å². The number of hydrogen-bond acceptors (Lipinski definition) is 3. The minimum absolute atomic E-state index is 0.208. The van der Waals surface area contributed by atoms with Crippen molar-refractivity contribution in [3.8, 4) is 0 Å². The van der Waals surface area contributed by atoms with E-state index in [1.54, 1.807) is 12.1 Å². The summed E-state index contributed by atoms with van der Waals surface area (Å²) in [5, 5.41) is 2.82. The average Bonchev–Trinajstić information content (AvgIpc) is 2.62. The first-order valence-corrected chi connectivity index (χ1v) is 11.8. The van der Waals surface area contributed by atoms with Gasteiger partial charge in [-0.3, -0.25) is 4.79 Å². The fraction of sp³-hybridized carbons (Fsp3) is 0.381. The van der Waals surface area contributed by atoms with Crippen molar-refractivity contribution in [3.63, 3.8) is 0 Å². The number of carbonyl (C=O) groups excluding carboxylic acids is 1. The predicted molar refractivity (Wildman–Crippen MR) is 122 cm³/mol. The number of hydrogen-bond donors (Lipinski definition) is 1. The fourth-order valence-electron chi connectivity index (χ4n) is 2.75. The van der Waals surface area contributed by atoms with Gasteiger partial charge in [0, 0.05) is 27.9 Å². The standard InChI is InChI=1S/C21H27IN2O3S/c1-15(2)13-24(14-16(3)4)28(26,27)20-11-5-17(6-12-20)21(25)23-19-9-7-18(22)8-10-19/h5-12,15-16H,13-14H2,1-4H3,(H,23,25). The zero-order chi connectivity index (χ0) is 20.9. The molecule has 28 heavy (non-hydrogen) atoms. The van der Waals surface area contributed by atoms with E-state index >= 15 is 0 Å². The van der Waals surface area contributed by atoms with Crippen LogP contribution >= 0.6 is 22.6 Å². The molecular formula is C21H27IN2O3S. The van der Waals surface area contributed by atoms with E-state index in [-0.39, 0.29) is 22.6 Å². The smallest absolute Gasteiger partial charge is 0.255 e. The number of halogens is 1. The molecule has 2 aromatic carbocycles. The number of nitrogens with one attached hydrogen (secondary N) is 1. The van der Waals surface area contributed by atoms with Crippen molar-refractivity contribution in [1.29, 1.82) is 0 Å². The van der Waals surface area contributed by atoms with Crippen molar-refractivity contribution in [3.05, 3.63) is 57.7 Å². The number of sulfonamides is 1. The Morgan fingerprint density at radius 3 is 1.89 bits per heavy atom. The Hall–Kier alpha value is -1.45. The summed E-state index contributed by atoms with van der Waals surface area (Å²) in [5.74, 6) is 0.186. The molecule has 0 saturated heterocycles. The summed E-state index contributed by atoms with van der Waals surface area (Å²) < 4.78 is 28.7.